The summed E-state index contributed by atoms with van der Waals surface area (Å²) in [5, 5.41) is 7.38. The number of nitrogens with one attached hydrogen (secondary N) is 1. The SMILES string of the molecule is CCN(CC)C(=O)CCNc1nc2c(Br)cccn2n1. The van der Waals surface area contributed by atoms with E-state index in [-0.39, 0.29) is 5.91 Å². The van der Waals surface area contributed by atoms with Crippen LogP contribution in [-0.4, -0.2) is 45.0 Å². The lowest BCUT2D eigenvalue weighted by Crippen LogP contribution is -2.31. The van der Waals surface area contributed by atoms with Gasteiger partial charge in [-0.15, -0.1) is 5.10 Å². The third-order valence-electron chi connectivity index (χ3n) is 3.05. The number of carbonyl (C=O) groups is 1. The molecule has 0 radical (unpaired) electrons. The molecule has 0 atom stereocenters. The molecule has 0 fully saturated rings. The Kier molecular flexibility index (Phi) is 4.94. The number of aromatic nitrogens is 3. The standard InChI is InChI=1S/C13H18BrN5O/c1-3-18(4-2)11(20)7-8-15-13-16-12-10(14)6-5-9-19(12)17-13/h5-6,9H,3-4,7-8H2,1-2H3,(H,15,17). The van der Waals surface area contributed by atoms with Gasteiger partial charge in [-0.2, -0.15) is 4.98 Å². The highest BCUT2D eigenvalue weighted by Crippen LogP contribution is 2.16. The maximum Gasteiger partial charge on any atom is 0.243 e. The van der Waals surface area contributed by atoms with Crippen LogP contribution in [-0.2, 0) is 4.79 Å². The number of hydrogen-bond acceptors (Lipinski definition) is 4. The molecule has 108 valence electrons. The van der Waals surface area contributed by atoms with Gasteiger partial charge >= 0.3 is 0 Å². The van der Waals surface area contributed by atoms with Crippen LogP contribution in [0, 0.1) is 0 Å². The van der Waals surface area contributed by atoms with E-state index in [9.17, 15) is 4.79 Å². The molecule has 2 rings (SSSR count). The third kappa shape index (κ3) is 3.27. The average molecular weight is 340 g/mol. The van der Waals surface area contributed by atoms with E-state index >= 15 is 0 Å². The molecule has 0 aliphatic heterocycles. The monoisotopic (exact) mass is 339 g/mol. The van der Waals surface area contributed by atoms with Crippen LogP contribution in [0.1, 0.15) is 20.3 Å². The van der Waals surface area contributed by atoms with E-state index in [0.29, 0.717) is 18.9 Å². The van der Waals surface area contributed by atoms with Gasteiger partial charge in [0, 0.05) is 32.3 Å². The van der Waals surface area contributed by atoms with E-state index in [1.807, 2.05) is 37.1 Å². The molecule has 2 aromatic rings. The predicted molar refractivity (Wildman–Crippen MR) is 81.7 cm³/mol. The molecule has 7 heteroatoms. The average Bonchev–Trinajstić information content (AvgIpc) is 2.84. The summed E-state index contributed by atoms with van der Waals surface area (Å²) in [7, 11) is 0. The van der Waals surface area contributed by atoms with Gasteiger partial charge in [0.2, 0.25) is 11.9 Å². The zero-order valence-corrected chi connectivity index (χ0v) is 13.2. The Morgan fingerprint density at radius 3 is 2.85 bits per heavy atom. The van der Waals surface area contributed by atoms with Crippen LogP contribution in [0.25, 0.3) is 5.65 Å². The fourth-order valence-corrected chi connectivity index (χ4v) is 2.39. The first-order valence-corrected chi connectivity index (χ1v) is 7.47. The van der Waals surface area contributed by atoms with Crippen LogP contribution in [0.2, 0.25) is 0 Å². The van der Waals surface area contributed by atoms with Crippen molar-refractivity contribution in [3.8, 4) is 0 Å². The lowest BCUT2D eigenvalue weighted by atomic mass is 10.3. The normalized spacial score (nSPS) is 10.8. The van der Waals surface area contributed by atoms with Crippen LogP contribution in [0.3, 0.4) is 0 Å². The number of halogens is 1. The quantitative estimate of drug-likeness (QED) is 0.875. The number of hydrogen-bond donors (Lipinski definition) is 1. The van der Waals surface area contributed by atoms with Crippen molar-refractivity contribution < 1.29 is 4.79 Å². The second-order valence-corrected chi connectivity index (χ2v) is 5.16. The number of amides is 1. The minimum Gasteiger partial charge on any atom is -0.352 e. The van der Waals surface area contributed by atoms with Crippen molar-refractivity contribution in [2.75, 3.05) is 25.0 Å². The second kappa shape index (κ2) is 6.69. The highest BCUT2D eigenvalue weighted by Gasteiger charge is 2.10. The Balaban J connectivity index is 1.93. The maximum atomic E-state index is 11.9. The maximum absolute atomic E-state index is 11.9. The molecule has 1 amide bonds. The second-order valence-electron chi connectivity index (χ2n) is 4.30. The fourth-order valence-electron chi connectivity index (χ4n) is 1.96. The number of anilines is 1. The molecule has 2 aromatic heterocycles. The molecule has 0 saturated carbocycles. The summed E-state index contributed by atoms with van der Waals surface area (Å²) in [6, 6.07) is 3.80. The van der Waals surface area contributed by atoms with Crippen molar-refractivity contribution in [1.29, 1.82) is 0 Å². The fraction of sp³-hybridized carbons (Fsp3) is 0.462. The summed E-state index contributed by atoms with van der Waals surface area (Å²) >= 11 is 3.43. The van der Waals surface area contributed by atoms with Gasteiger partial charge in [0.25, 0.3) is 0 Å². The minimum absolute atomic E-state index is 0.146. The Bertz CT molecular complexity index is 593. The smallest absolute Gasteiger partial charge is 0.243 e. The van der Waals surface area contributed by atoms with Gasteiger partial charge in [-0.1, -0.05) is 0 Å². The van der Waals surface area contributed by atoms with Gasteiger partial charge in [-0.25, -0.2) is 4.52 Å². The van der Waals surface area contributed by atoms with Crippen molar-refractivity contribution in [1.82, 2.24) is 19.5 Å². The summed E-state index contributed by atoms with van der Waals surface area (Å²) in [6.07, 6.45) is 2.28. The molecule has 0 bridgehead atoms. The number of nitrogens with zero attached hydrogens (tertiary/aromatic N) is 4. The van der Waals surface area contributed by atoms with Crippen LogP contribution in [0.15, 0.2) is 22.8 Å². The van der Waals surface area contributed by atoms with Crippen LogP contribution in [0.5, 0.6) is 0 Å². The molecular weight excluding hydrogens is 322 g/mol. The molecule has 0 aliphatic rings. The topological polar surface area (TPSA) is 62.5 Å². The molecule has 1 N–H and O–H groups in total. The van der Waals surface area contributed by atoms with Crippen molar-refractivity contribution in [2.24, 2.45) is 0 Å². The lowest BCUT2D eigenvalue weighted by molar-refractivity contribution is -0.130. The van der Waals surface area contributed by atoms with E-state index in [1.54, 1.807) is 4.52 Å². The van der Waals surface area contributed by atoms with Gasteiger partial charge in [-0.3, -0.25) is 4.79 Å². The third-order valence-corrected chi connectivity index (χ3v) is 3.67. The zero-order valence-electron chi connectivity index (χ0n) is 11.6. The molecule has 0 aliphatic carbocycles. The molecule has 6 nitrogen and oxygen atoms in total. The summed E-state index contributed by atoms with van der Waals surface area (Å²) in [5.41, 5.74) is 0.755. The van der Waals surface area contributed by atoms with Gasteiger partial charge in [0.15, 0.2) is 5.65 Å². The van der Waals surface area contributed by atoms with Gasteiger partial charge < -0.3 is 10.2 Å². The molecule has 2 heterocycles. The Hall–Kier alpha value is -1.63. The predicted octanol–water partition coefficient (Wildman–Crippen LogP) is 2.16. The Morgan fingerprint density at radius 1 is 1.45 bits per heavy atom. The largest absolute Gasteiger partial charge is 0.352 e. The lowest BCUT2D eigenvalue weighted by Gasteiger charge is -2.18. The summed E-state index contributed by atoms with van der Waals surface area (Å²) in [6.45, 7) is 5.99. The van der Waals surface area contributed by atoms with Crippen molar-refractivity contribution in [3.63, 3.8) is 0 Å². The molecule has 0 aromatic carbocycles. The number of pyridine rings is 1. The number of rotatable bonds is 6. The first kappa shape index (κ1) is 14.8. The molecule has 0 unspecified atom stereocenters. The number of fused-ring (bicyclic) bond motifs is 1. The highest BCUT2D eigenvalue weighted by atomic mass is 79.9. The molecule has 20 heavy (non-hydrogen) atoms. The van der Waals surface area contributed by atoms with E-state index in [0.717, 1.165) is 23.2 Å². The van der Waals surface area contributed by atoms with Crippen LogP contribution >= 0.6 is 15.9 Å². The van der Waals surface area contributed by atoms with Gasteiger partial charge in [-0.05, 0) is 41.9 Å². The molecular formula is C13H18BrN5O. The summed E-state index contributed by atoms with van der Waals surface area (Å²) in [4.78, 5) is 18.0. The molecule has 0 spiro atoms. The summed E-state index contributed by atoms with van der Waals surface area (Å²) < 4.78 is 2.58. The van der Waals surface area contributed by atoms with E-state index in [1.165, 1.54) is 0 Å². The van der Waals surface area contributed by atoms with Gasteiger partial charge in [0.1, 0.15) is 0 Å². The first-order chi connectivity index (χ1) is 9.65. The Labute approximate surface area is 126 Å². The molecule has 0 saturated heterocycles. The van der Waals surface area contributed by atoms with Crippen molar-refractivity contribution in [3.05, 3.63) is 22.8 Å². The van der Waals surface area contributed by atoms with Crippen LogP contribution in [0.4, 0.5) is 5.95 Å². The van der Waals surface area contributed by atoms with Crippen molar-refractivity contribution >= 4 is 33.4 Å². The number of carbonyl (C=O) groups excluding carboxylic acids is 1. The Morgan fingerprint density at radius 2 is 2.20 bits per heavy atom. The van der Waals surface area contributed by atoms with E-state index in [2.05, 4.69) is 31.3 Å². The zero-order chi connectivity index (χ0) is 14.5. The van der Waals surface area contributed by atoms with Crippen molar-refractivity contribution in [2.45, 2.75) is 20.3 Å². The summed E-state index contributed by atoms with van der Waals surface area (Å²) in [5.74, 6) is 0.677. The van der Waals surface area contributed by atoms with E-state index in [4.69, 9.17) is 0 Å². The highest BCUT2D eigenvalue weighted by molar-refractivity contribution is 9.10. The van der Waals surface area contributed by atoms with Gasteiger partial charge in [0.05, 0.1) is 4.47 Å². The van der Waals surface area contributed by atoms with Crippen LogP contribution < -0.4 is 5.32 Å². The minimum atomic E-state index is 0.146. The van der Waals surface area contributed by atoms with E-state index < -0.39 is 0 Å². The first-order valence-electron chi connectivity index (χ1n) is 6.68.